The molecule has 1 amide bonds. The van der Waals surface area contributed by atoms with Gasteiger partial charge in [-0.15, -0.1) is 11.8 Å². The Bertz CT molecular complexity index is 1340. The Morgan fingerprint density at radius 1 is 1.08 bits per heavy atom. The first-order valence-corrected chi connectivity index (χ1v) is 13.7. The van der Waals surface area contributed by atoms with Crippen LogP contribution in [0.15, 0.2) is 81.6 Å². The van der Waals surface area contributed by atoms with Crippen LogP contribution in [-0.4, -0.2) is 46.7 Å². The van der Waals surface area contributed by atoms with E-state index in [2.05, 4.69) is 10.5 Å². The van der Waals surface area contributed by atoms with Crippen LogP contribution < -0.4 is 23.9 Å². The Kier molecular flexibility index (Phi) is 8.01. The number of carbonyl (C=O) groups excluding carboxylic acids is 1. The van der Waals surface area contributed by atoms with Crippen LogP contribution in [0, 0.1) is 0 Å². The zero-order valence-corrected chi connectivity index (χ0v) is 21.3. The second-order valence-electron chi connectivity index (χ2n) is 7.52. The van der Waals surface area contributed by atoms with E-state index in [1.165, 1.54) is 30.1 Å². The van der Waals surface area contributed by atoms with Crippen molar-refractivity contribution in [2.45, 2.75) is 16.7 Å². The van der Waals surface area contributed by atoms with Gasteiger partial charge in [0.1, 0.15) is 12.3 Å². The zero-order valence-electron chi connectivity index (χ0n) is 19.7. The van der Waals surface area contributed by atoms with Gasteiger partial charge in [-0.1, -0.05) is 0 Å². The molecule has 0 fully saturated rings. The van der Waals surface area contributed by atoms with Crippen LogP contribution in [0.2, 0.25) is 0 Å². The molecule has 0 atom stereocenters. The number of nitrogens with one attached hydrogen (secondary N) is 1. The molecule has 0 spiro atoms. The van der Waals surface area contributed by atoms with Crippen molar-refractivity contribution in [3.63, 3.8) is 0 Å². The number of rotatable bonds is 10. The lowest BCUT2D eigenvalue weighted by atomic mass is 10.2. The fraction of sp³-hybridized carbons (Fsp3) is 0.200. The lowest BCUT2D eigenvalue weighted by Gasteiger charge is -2.24. The first-order valence-electron chi connectivity index (χ1n) is 11.0. The van der Waals surface area contributed by atoms with E-state index in [9.17, 15) is 13.2 Å². The van der Waals surface area contributed by atoms with Gasteiger partial charge in [0.15, 0.2) is 11.5 Å². The normalized spacial score (nSPS) is 12.5. The van der Waals surface area contributed by atoms with Crippen molar-refractivity contribution in [2.75, 3.05) is 30.5 Å². The first kappa shape index (κ1) is 25.4. The molecule has 188 valence electrons. The SMILES string of the molecule is CCOc1ccc(N(CC(=O)N/N=C/c2ccc3c(c2)OCO3)S(=O)(=O)c2ccc(SC)cc2)cc1. The van der Waals surface area contributed by atoms with Crippen LogP contribution in [0.25, 0.3) is 0 Å². The van der Waals surface area contributed by atoms with Crippen molar-refractivity contribution < 1.29 is 27.4 Å². The summed E-state index contributed by atoms with van der Waals surface area (Å²) in [6, 6.07) is 18.3. The van der Waals surface area contributed by atoms with Crippen molar-refractivity contribution in [3.8, 4) is 17.2 Å². The van der Waals surface area contributed by atoms with Gasteiger partial charge in [0.2, 0.25) is 6.79 Å². The van der Waals surface area contributed by atoms with Crippen molar-refractivity contribution >= 4 is 39.6 Å². The van der Waals surface area contributed by atoms with E-state index < -0.39 is 22.5 Å². The third kappa shape index (κ3) is 5.92. The molecule has 1 aliphatic rings. The highest BCUT2D eigenvalue weighted by Crippen LogP contribution is 2.32. The minimum absolute atomic E-state index is 0.0749. The van der Waals surface area contributed by atoms with Crippen LogP contribution in [0.5, 0.6) is 17.2 Å². The number of hydrogen-bond acceptors (Lipinski definition) is 8. The smallest absolute Gasteiger partial charge is 0.264 e. The van der Waals surface area contributed by atoms with Crippen molar-refractivity contribution in [3.05, 3.63) is 72.3 Å². The summed E-state index contributed by atoms with van der Waals surface area (Å²) in [4.78, 5) is 13.8. The van der Waals surface area contributed by atoms with Crippen molar-refractivity contribution in [2.24, 2.45) is 5.10 Å². The van der Waals surface area contributed by atoms with Gasteiger partial charge in [0.05, 0.1) is 23.4 Å². The fourth-order valence-electron chi connectivity index (χ4n) is 3.40. The highest BCUT2D eigenvalue weighted by molar-refractivity contribution is 7.98. The topological polar surface area (TPSA) is 107 Å². The monoisotopic (exact) mass is 527 g/mol. The molecule has 0 radical (unpaired) electrons. The quantitative estimate of drug-likeness (QED) is 0.242. The number of hydrazone groups is 1. The molecule has 9 nitrogen and oxygen atoms in total. The summed E-state index contributed by atoms with van der Waals surface area (Å²) in [6.07, 6.45) is 3.35. The minimum atomic E-state index is -4.04. The third-order valence-electron chi connectivity index (χ3n) is 5.17. The summed E-state index contributed by atoms with van der Waals surface area (Å²) < 4.78 is 44.2. The molecule has 36 heavy (non-hydrogen) atoms. The maximum absolute atomic E-state index is 13.5. The molecule has 0 saturated carbocycles. The number of sulfonamides is 1. The molecule has 0 aromatic heterocycles. The van der Waals surface area contributed by atoms with Crippen molar-refractivity contribution in [1.82, 2.24) is 5.43 Å². The highest BCUT2D eigenvalue weighted by Gasteiger charge is 2.27. The predicted octanol–water partition coefficient (Wildman–Crippen LogP) is 3.88. The molecule has 1 heterocycles. The molecule has 4 rings (SSSR count). The van der Waals surface area contributed by atoms with Gasteiger partial charge < -0.3 is 14.2 Å². The van der Waals surface area contributed by atoms with E-state index in [4.69, 9.17) is 14.2 Å². The Balaban J connectivity index is 1.54. The lowest BCUT2D eigenvalue weighted by Crippen LogP contribution is -2.39. The van der Waals surface area contributed by atoms with Gasteiger partial charge in [-0.2, -0.15) is 5.10 Å². The number of ether oxygens (including phenoxy) is 3. The van der Waals surface area contributed by atoms with Gasteiger partial charge in [-0.3, -0.25) is 9.10 Å². The molecular formula is C25H25N3O6S2. The second kappa shape index (κ2) is 11.4. The van der Waals surface area contributed by atoms with E-state index in [1.807, 2.05) is 13.2 Å². The number of nitrogens with zero attached hydrogens (tertiary/aromatic N) is 2. The Morgan fingerprint density at radius 2 is 1.81 bits per heavy atom. The maximum atomic E-state index is 13.5. The molecule has 3 aromatic rings. The number of thioether (sulfide) groups is 1. The van der Waals surface area contributed by atoms with E-state index >= 15 is 0 Å². The van der Waals surface area contributed by atoms with Gasteiger partial charge in [-0.05, 0) is 85.5 Å². The number of anilines is 1. The summed E-state index contributed by atoms with van der Waals surface area (Å²) in [5.41, 5.74) is 3.40. The van der Waals surface area contributed by atoms with E-state index in [0.717, 1.165) is 9.20 Å². The molecule has 0 aliphatic carbocycles. The molecule has 0 saturated heterocycles. The predicted molar refractivity (Wildman–Crippen MR) is 139 cm³/mol. The average molecular weight is 528 g/mol. The second-order valence-corrected chi connectivity index (χ2v) is 10.3. The number of hydrogen-bond donors (Lipinski definition) is 1. The van der Waals surface area contributed by atoms with Crippen LogP contribution in [0.3, 0.4) is 0 Å². The van der Waals surface area contributed by atoms with Crippen LogP contribution in [-0.2, 0) is 14.8 Å². The van der Waals surface area contributed by atoms with E-state index in [0.29, 0.717) is 35.1 Å². The summed E-state index contributed by atoms with van der Waals surface area (Å²) in [6.45, 7) is 2.02. The standard InChI is InChI=1S/C25H25N3O6S2/c1-3-32-20-7-5-19(6-8-20)28(36(30,31)22-11-9-21(35-2)10-12-22)16-25(29)27-26-15-18-4-13-23-24(14-18)34-17-33-23/h4-15H,3,16-17H2,1-2H3,(H,27,29)/b26-15+. The van der Waals surface area contributed by atoms with E-state index in [1.54, 1.807) is 54.6 Å². The third-order valence-corrected chi connectivity index (χ3v) is 7.70. The fourth-order valence-corrected chi connectivity index (χ4v) is 5.23. The average Bonchev–Trinajstić information content (AvgIpc) is 3.36. The molecule has 11 heteroatoms. The summed E-state index contributed by atoms with van der Waals surface area (Å²) >= 11 is 1.51. The number of carbonyl (C=O) groups is 1. The van der Waals surface area contributed by atoms with Gasteiger partial charge >= 0.3 is 0 Å². The first-order chi connectivity index (χ1) is 17.4. The summed E-state index contributed by atoms with van der Waals surface area (Å²) in [5, 5.41) is 3.96. The van der Waals surface area contributed by atoms with Crippen molar-refractivity contribution in [1.29, 1.82) is 0 Å². The van der Waals surface area contributed by atoms with Crippen LogP contribution in [0.1, 0.15) is 12.5 Å². The van der Waals surface area contributed by atoms with Crippen LogP contribution in [0.4, 0.5) is 5.69 Å². The zero-order chi connectivity index (χ0) is 25.5. The Hall–Kier alpha value is -3.70. The number of benzene rings is 3. The largest absolute Gasteiger partial charge is 0.494 e. The maximum Gasteiger partial charge on any atom is 0.264 e. The number of fused-ring (bicyclic) bond motifs is 1. The van der Waals surface area contributed by atoms with Gasteiger partial charge in [-0.25, -0.2) is 13.8 Å². The molecule has 3 aromatic carbocycles. The lowest BCUT2D eigenvalue weighted by molar-refractivity contribution is -0.119. The molecule has 0 bridgehead atoms. The Morgan fingerprint density at radius 3 is 2.50 bits per heavy atom. The molecule has 1 N–H and O–H groups in total. The van der Waals surface area contributed by atoms with Crippen LogP contribution >= 0.6 is 11.8 Å². The Labute approximate surface area is 214 Å². The summed E-state index contributed by atoms with van der Waals surface area (Å²) in [7, 11) is -4.04. The highest BCUT2D eigenvalue weighted by atomic mass is 32.2. The molecule has 1 aliphatic heterocycles. The molecular weight excluding hydrogens is 502 g/mol. The summed E-state index contributed by atoms with van der Waals surface area (Å²) in [5.74, 6) is 1.22. The number of amides is 1. The van der Waals surface area contributed by atoms with E-state index in [-0.39, 0.29) is 11.7 Å². The van der Waals surface area contributed by atoms with Gasteiger partial charge in [0, 0.05) is 4.90 Å². The molecule has 0 unspecified atom stereocenters. The minimum Gasteiger partial charge on any atom is -0.494 e. The van der Waals surface area contributed by atoms with Gasteiger partial charge in [0.25, 0.3) is 15.9 Å².